The number of hydrogen-bond acceptors (Lipinski definition) is 6. The van der Waals surface area contributed by atoms with E-state index in [4.69, 9.17) is 0 Å². The molecule has 0 saturated carbocycles. The number of carbonyl (C=O) groups is 3. The zero-order valence-corrected chi connectivity index (χ0v) is 23.8. The molecule has 0 spiro atoms. The van der Waals surface area contributed by atoms with Crippen LogP contribution in [0.2, 0.25) is 0 Å². The average molecular weight is 586 g/mol. The SMILES string of the molecule is COC(=O)[C@H](O)CNC(=O)c1ccc(C(=O)CCC(c2ccc(OC(F)(F)F)cc2)c2ccc(C(C)(C)C)cc2)cc1. The van der Waals surface area contributed by atoms with Gasteiger partial charge in [0.15, 0.2) is 11.9 Å². The summed E-state index contributed by atoms with van der Waals surface area (Å²) in [5, 5.41) is 12.0. The minimum Gasteiger partial charge on any atom is -0.467 e. The lowest BCUT2D eigenvalue weighted by Crippen LogP contribution is -2.37. The minimum atomic E-state index is -4.79. The molecule has 3 aromatic rings. The molecular formula is C32H34F3NO6. The number of benzene rings is 3. The Kier molecular flexibility index (Phi) is 10.5. The summed E-state index contributed by atoms with van der Waals surface area (Å²) in [6, 6.07) is 19.6. The summed E-state index contributed by atoms with van der Waals surface area (Å²) in [5.41, 5.74) is 3.34. The van der Waals surface area contributed by atoms with Crippen LogP contribution in [0.3, 0.4) is 0 Å². The Labute approximate surface area is 242 Å². The van der Waals surface area contributed by atoms with Gasteiger partial charge in [-0.1, -0.05) is 69.3 Å². The first-order chi connectivity index (χ1) is 19.7. The molecule has 0 bridgehead atoms. The molecular weight excluding hydrogens is 551 g/mol. The molecule has 0 saturated heterocycles. The molecule has 2 atom stereocenters. The standard InChI is InChI=1S/C32H34F3NO6/c1-31(2,3)24-13-9-20(10-14-24)26(21-11-15-25(16-12-21)42-32(33,34)35)17-18-27(37)22-5-7-23(8-6-22)29(39)36-19-28(38)30(40)41-4/h5-16,26,28,38H,17-19H2,1-4H3,(H,36,39)/t26?,28-/m1/s1. The van der Waals surface area contributed by atoms with E-state index < -0.39 is 24.3 Å². The molecule has 0 aliphatic heterocycles. The summed E-state index contributed by atoms with van der Waals surface area (Å²) >= 11 is 0. The summed E-state index contributed by atoms with van der Waals surface area (Å²) in [4.78, 5) is 36.7. The number of aliphatic hydroxyl groups excluding tert-OH is 1. The minimum absolute atomic E-state index is 0.0647. The van der Waals surface area contributed by atoms with Crippen molar-refractivity contribution in [2.75, 3.05) is 13.7 Å². The zero-order chi connectivity index (χ0) is 31.1. The predicted molar refractivity (Wildman–Crippen MR) is 150 cm³/mol. The number of methoxy groups -OCH3 is 1. The summed E-state index contributed by atoms with van der Waals surface area (Å²) in [6.07, 6.45) is -5.76. The van der Waals surface area contributed by atoms with Gasteiger partial charge in [-0.15, -0.1) is 13.2 Å². The van der Waals surface area contributed by atoms with E-state index in [1.807, 2.05) is 24.3 Å². The first-order valence-corrected chi connectivity index (χ1v) is 13.3. The highest BCUT2D eigenvalue weighted by atomic mass is 19.4. The molecule has 3 rings (SSSR count). The Morgan fingerprint density at radius 2 is 1.36 bits per heavy atom. The molecule has 224 valence electrons. The van der Waals surface area contributed by atoms with Crippen molar-refractivity contribution in [2.45, 2.75) is 57.4 Å². The zero-order valence-electron chi connectivity index (χ0n) is 23.8. The van der Waals surface area contributed by atoms with E-state index >= 15 is 0 Å². The van der Waals surface area contributed by atoms with E-state index in [1.165, 1.54) is 36.4 Å². The van der Waals surface area contributed by atoms with Gasteiger partial charge in [0.05, 0.1) is 13.7 Å². The van der Waals surface area contributed by atoms with Gasteiger partial charge in [-0.2, -0.15) is 0 Å². The summed E-state index contributed by atoms with van der Waals surface area (Å²) in [5.74, 6) is -2.17. The Balaban J connectivity index is 1.74. The van der Waals surface area contributed by atoms with Crippen molar-refractivity contribution in [3.05, 3.63) is 101 Å². The second-order valence-electron chi connectivity index (χ2n) is 10.8. The average Bonchev–Trinajstić information content (AvgIpc) is 2.95. The second kappa shape index (κ2) is 13.7. The van der Waals surface area contributed by atoms with Crippen LogP contribution in [0.15, 0.2) is 72.8 Å². The third kappa shape index (κ3) is 9.17. The molecule has 0 aliphatic carbocycles. The highest BCUT2D eigenvalue weighted by Crippen LogP contribution is 2.33. The summed E-state index contributed by atoms with van der Waals surface area (Å²) in [6.45, 7) is 5.96. The van der Waals surface area contributed by atoms with Crippen LogP contribution in [0, 0.1) is 0 Å². The monoisotopic (exact) mass is 585 g/mol. The molecule has 7 nitrogen and oxygen atoms in total. The maximum Gasteiger partial charge on any atom is 0.573 e. The summed E-state index contributed by atoms with van der Waals surface area (Å²) in [7, 11) is 1.12. The first kappa shape index (κ1) is 32.3. The van der Waals surface area contributed by atoms with Crippen molar-refractivity contribution in [3.8, 4) is 5.75 Å². The number of ether oxygens (including phenoxy) is 2. The van der Waals surface area contributed by atoms with Gasteiger partial charge in [-0.25, -0.2) is 4.79 Å². The van der Waals surface area contributed by atoms with Crippen LogP contribution < -0.4 is 10.1 Å². The Morgan fingerprint density at radius 3 is 1.86 bits per heavy atom. The fraction of sp³-hybridized carbons (Fsp3) is 0.344. The number of carbonyl (C=O) groups excluding carboxylic acids is 3. The lowest BCUT2D eigenvalue weighted by atomic mass is 9.82. The molecule has 3 aromatic carbocycles. The largest absolute Gasteiger partial charge is 0.573 e. The van der Waals surface area contributed by atoms with Crippen molar-refractivity contribution >= 4 is 17.7 Å². The number of aliphatic hydroxyl groups is 1. The molecule has 42 heavy (non-hydrogen) atoms. The van der Waals surface area contributed by atoms with Crippen LogP contribution in [0.4, 0.5) is 13.2 Å². The smallest absolute Gasteiger partial charge is 0.467 e. The number of ketones is 1. The quantitative estimate of drug-likeness (QED) is 0.213. The van der Waals surface area contributed by atoms with Crippen LogP contribution in [0.5, 0.6) is 5.75 Å². The molecule has 2 N–H and O–H groups in total. The number of rotatable bonds is 11. The number of amides is 1. The number of nitrogens with one attached hydrogen (secondary N) is 1. The summed E-state index contributed by atoms with van der Waals surface area (Å²) < 4.78 is 46.3. The second-order valence-corrected chi connectivity index (χ2v) is 10.8. The van der Waals surface area contributed by atoms with Gasteiger partial charge in [0.2, 0.25) is 0 Å². The molecule has 10 heteroatoms. The highest BCUT2D eigenvalue weighted by molar-refractivity contribution is 5.99. The van der Waals surface area contributed by atoms with Crippen molar-refractivity contribution in [1.29, 1.82) is 0 Å². The molecule has 0 aliphatic rings. The van der Waals surface area contributed by atoms with E-state index in [2.05, 4.69) is 35.6 Å². The van der Waals surface area contributed by atoms with Crippen molar-refractivity contribution < 1.29 is 42.1 Å². The number of hydrogen-bond donors (Lipinski definition) is 2. The van der Waals surface area contributed by atoms with Gasteiger partial charge in [-0.3, -0.25) is 9.59 Å². The van der Waals surface area contributed by atoms with Gasteiger partial charge >= 0.3 is 12.3 Å². The maximum absolute atomic E-state index is 13.1. The van der Waals surface area contributed by atoms with Crippen molar-refractivity contribution in [1.82, 2.24) is 5.32 Å². The van der Waals surface area contributed by atoms with E-state index in [0.29, 0.717) is 12.0 Å². The Hall–Kier alpha value is -4.18. The normalized spacial score (nSPS) is 13.1. The molecule has 0 fully saturated rings. The van der Waals surface area contributed by atoms with E-state index in [0.717, 1.165) is 23.8 Å². The van der Waals surface area contributed by atoms with Gasteiger partial charge in [-0.05, 0) is 52.8 Å². The first-order valence-electron chi connectivity index (χ1n) is 13.3. The molecule has 0 heterocycles. The highest BCUT2D eigenvalue weighted by Gasteiger charge is 2.31. The van der Waals surface area contributed by atoms with E-state index in [9.17, 15) is 32.7 Å². The third-order valence-electron chi connectivity index (χ3n) is 6.75. The molecule has 1 unspecified atom stereocenters. The number of esters is 1. The fourth-order valence-corrected chi connectivity index (χ4v) is 4.38. The Bertz CT molecular complexity index is 1360. The van der Waals surface area contributed by atoms with Crippen molar-refractivity contribution in [2.24, 2.45) is 0 Å². The van der Waals surface area contributed by atoms with Gasteiger partial charge in [0, 0.05) is 23.5 Å². The topological polar surface area (TPSA) is 102 Å². The van der Waals surface area contributed by atoms with Gasteiger partial charge < -0.3 is 19.9 Å². The molecule has 0 aromatic heterocycles. The fourth-order valence-electron chi connectivity index (χ4n) is 4.38. The lowest BCUT2D eigenvalue weighted by molar-refractivity contribution is -0.274. The number of alkyl halides is 3. The maximum atomic E-state index is 13.1. The van der Waals surface area contributed by atoms with E-state index in [1.54, 1.807) is 12.1 Å². The van der Waals surface area contributed by atoms with Crippen LogP contribution in [-0.4, -0.2) is 48.9 Å². The molecule has 1 amide bonds. The van der Waals surface area contributed by atoms with Gasteiger partial charge in [0.1, 0.15) is 5.75 Å². The van der Waals surface area contributed by atoms with Crippen LogP contribution in [0.25, 0.3) is 0 Å². The number of Topliss-reactive ketones (excluding diaryl/α,β-unsaturated/α-hetero) is 1. The van der Waals surface area contributed by atoms with Crippen LogP contribution in [-0.2, 0) is 14.9 Å². The number of halogens is 3. The Morgan fingerprint density at radius 1 is 0.833 bits per heavy atom. The van der Waals surface area contributed by atoms with Crippen LogP contribution >= 0.6 is 0 Å². The third-order valence-corrected chi connectivity index (χ3v) is 6.75. The van der Waals surface area contributed by atoms with Crippen LogP contribution in [0.1, 0.15) is 76.9 Å². The predicted octanol–water partition coefficient (Wildman–Crippen LogP) is 5.94. The molecule has 0 radical (unpaired) electrons. The van der Waals surface area contributed by atoms with Gasteiger partial charge in [0.25, 0.3) is 5.91 Å². The van der Waals surface area contributed by atoms with Crippen molar-refractivity contribution in [3.63, 3.8) is 0 Å². The lowest BCUT2D eigenvalue weighted by Gasteiger charge is -2.22. The van der Waals surface area contributed by atoms with E-state index in [-0.39, 0.29) is 41.4 Å².